The van der Waals surface area contributed by atoms with Crippen molar-refractivity contribution in [3.8, 4) is 17.1 Å². The fourth-order valence-electron chi connectivity index (χ4n) is 3.26. The summed E-state index contributed by atoms with van der Waals surface area (Å²) >= 11 is 0. The molecule has 0 aliphatic heterocycles. The summed E-state index contributed by atoms with van der Waals surface area (Å²) in [6.45, 7) is 0. The first kappa shape index (κ1) is 21.7. The molecule has 3 aromatic carbocycles. The number of carbonyl (C=O) groups is 1. The summed E-state index contributed by atoms with van der Waals surface area (Å²) in [5.74, 6) is 0.858. The summed E-state index contributed by atoms with van der Waals surface area (Å²) < 4.78 is 10.6. The highest BCUT2D eigenvalue weighted by Gasteiger charge is 2.23. The summed E-state index contributed by atoms with van der Waals surface area (Å²) in [5, 5.41) is 17.8. The van der Waals surface area contributed by atoms with Crippen molar-refractivity contribution in [3.05, 3.63) is 106 Å². The first-order chi connectivity index (χ1) is 16.0. The van der Waals surface area contributed by atoms with E-state index >= 15 is 0 Å². The maximum atomic E-state index is 12.9. The molecule has 166 valence electrons. The predicted octanol–water partition coefficient (Wildman–Crippen LogP) is 4.37. The van der Waals surface area contributed by atoms with Crippen molar-refractivity contribution in [3.63, 3.8) is 0 Å². The first-order valence-electron chi connectivity index (χ1n) is 10.1. The zero-order chi connectivity index (χ0) is 23.2. The number of carbonyl (C=O) groups excluding carboxylic acids is 1. The zero-order valence-electron chi connectivity index (χ0n) is 17.7. The number of hydrogen-bond donors (Lipinski definition) is 1. The molecule has 9 heteroatoms. The third kappa shape index (κ3) is 5.21. The van der Waals surface area contributed by atoms with Crippen molar-refractivity contribution in [1.82, 2.24) is 15.5 Å². The van der Waals surface area contributed by atoms with Crippen molar-refractivity contribution < 1.29 is 19.0 Å². The number of nitrogens with one attached hydrogen (secondary N) is 1. The van der Waals surface area contributed by atoms with E-state index in [-0.39, 0.29) is 23.3 Å². The quantitative estimate of drug-likeness (QED) is 0.316. The molecule has 0 fully saturated rings. The molecule has 1 heterocycles. The number of nitro benzene ring substituents is 1. The van der Waals surface area contributed by atoms with Gasteiger partial charge in [0.25, 0.3) is 11.6 Å². The lowest BCUT2D eigenvalue weighted by Crippen LogP contribution is -2.30. The molecule has 0 saturated carbocycles. The number of non-ortho nitro benzene ring substituents is 1. The molecule has 1 atom stereocenters. The summed E-state index contributed by atoms with van der Waals surface area (Å²) in [4.78, 5) is 27.7. The number of aromatic nitrogens is 2. The third-order valence-electron chi connectivity index (χ3n) is 5.02. The van der Waals surface area contributed by atoms with Crippen LogP contribution in [0, 0.1) is 10.1 Å². The van der Waals surface area contributed by atoms with Gasteiger partial charge < -0.3 is 14.6 Å². The summed E-state index contributed by atoms with van der Waals surface area (Å²) in [6, 6.07) is 21.6. The second-order valence-corrected chi connectivity index (χ2v) is 7.20. The van der Waals surface area contributed by atoms with Crippen LogP contribution in [0.25, 0.3) is 11.4 Å². The Balaban J connectivity index is 1.59. The van der Waals surface area contributed by atoms with Gasteiger partial charge in [-0.15, -0.1) is 0 Å². The molecular weight excluding hydrogens is 424 g/mol. The van der Waals surface area contributed by atoms with Crippen molar-refractivity contribution in [2.24, 2.45) is 0 Å². The molecule has 9 nitrogen and oxygen atoms in total. The normalized spacial score (nSPS) is 11.5. The number of amides is 1. The molecule has 0 aliphatic rings. The van der Waals surface area contributed by atoms with E-state index in [2.05, 4.69) is 15.5 Å². The van der Waals surface area contributed by atoms with E-state index in [9.17, 15) is 14.9 Å². The molecule has 1 N–H and O–H groups in total. The van der Waals surface area contributed by atoms with Gasteiger partial charge in [0.2, 0.25) is 11.7 Å². The van der Waals surface area contributed by atoms with Gasteiger partial charge in [-0.25, -0.2) is 0 Å². The molecule has 0 bridgehead atoms. The Hall–Kier alpha value is -4.53. The van der Waals surface area contributed by atoms with Gasteiger partial charge in [-0.05, 0) is 42.0 Å². The molecule has 0 saturated heterocycles. The molecule has 0 radical (unpaired) electrons. The predicted molar refractivity (Wildman–Crippen MR) is 120 cm³/mol. The van der Waals surface area contributed by atoms with E-state index in [4.69, 9.17) is 9.26 Å². The van der Waals surface area contributed by atoms with E-state index < -0.39 is 11.0 Å². The Morgan fingerprint density at radius 3 is 2.39 bits per heavy atom. The Labute approximate surface area is 189 Å². The second-order valence-electron chi connectivity index (χ2n) is 7.20. The van der Waals surface area contributed by atoms with E-state index in [0.717, 1.165) is 5.56 Å². The minimum absolute atomic E-state index is 0.0313. The van der Waals surface area contributed by atoms with Crippen molar-refractivity contribution >= 4 is 11.6 Å². The number of methoxy groups -OCH3 is 1. The van der Waals surface area contributed by atoms with Gasteiger partial charge in [0, 0.05) is 29.7 Å². The number of nitro groups is 1. The highest BCUT2D eigenvalue weighted by atomic mass is 16.6. The van der Waals surface area contributed by atoms with Crippen LogP contribution >= 0.6 is 0 Å². The zero-order valence-corrected chi connectivity index (χ0v) is 17.7. The van der Waals surface area contributed by atoms with Gasteiger partial charge >= 0.3 is 0 Å². The average Bonchev–Trinajstić information content (AvgIpc) is 3.35. The molecule has 4 aromatic rings. The lowest BCUT2D eigenvalue weighted by molar-refractivity contribution is -0.384. The smallest absolute Gasteiger partial charge is 0.269 e. The largest absolute Gasteiger partial charge is 0.497 e. The molecule has 0 unspecified atom stereocenters. The molecule has 0 spiro atoms. The van der Waals surface area contributed by atoms with Crippen LogP contribution in [-0.4, -0.2) is 28.1 Å². The molecule has 1 aromatic heterocycles. The van der Waals surface area contributed by atoms with Crippen LogP contribution in [-0.2, 0) is 6.42 Å². The summed E-state index contributed by atoms with van der Waals surface area (Å²) in [5.41, 5.74) is 1.98. The fraction of sp³-hybridized carbons (Fsp3) is 0.125. The van der Waals surface area contributed by atoms with Gasteiger partial charge in [0.15, 0.2) is 0 Å². The summed E-state index contributed by atoms with van der Waals surface area (Å²) in [6.07, 6.45) is 0.435. The van der Waals surface area contributed by atoms with Gasteiger partial charge in [-0.2, -0.15) is 4.98 Å². The topological polar surface area (TPSA) is 120 Å². The lowest BCUT2D eigenvalue weighted by Gasteiger charge is -2.15. The lowest BCUT2D eigenvalue weighted by atomic mass is 10.1. The molecule has 33 heavy (non-hydrogen) atoms. The SMILES string of the molecule is COc1ccc(C(=O)N[C@@H](Cc2ccccc2)c2nc(-c3ccc([N+](=O)[O-])cc3)no2)cc1. The number of hydrogen-bond acceptors (Lipinski definition) is 7. The van der Waals surface area contributed by atoms with E-state index in [1.165, 1.54) is 12.1 Å². The molecule has 0 aliphatic carbocycles. The van der Waals surface area contributed by atoms with E-state index in [1.807, 2.05) is 30.3 Å². The minimum atomic E-state index is -0.582. The Morgan fingerprint density at radius 2 is 1.76 bits per heavy atom. The average molecular weight is 444 g/mol. The minimum Gasteiger partial charge on any atom is -0.497 e. The van der Waals surface area contributed by atoms with Gasteiger partial charge in [-0.1, -0.05) is 35.5 Å². The van der Waals surface area contributed by atoms with E-state index in [1.54, 1.807) is 43.5 Å². The highest BCUT2D eigenvalue weighted by Crippen LogP contribution is 2.24. The van der Waals surface area contributed by atoms with Gasteiger partial charge in [0.05, 0.1) is 12.0 Å². The second kappa shape index (κ2) is 9.73. The van der Waals surface area contributed by atoms with Crippen LogP contribution in [0.1, 0.15) is 27.9 Å². The highest BCUT2D eigenvalue weighted by molar-refractivity contribution is 5.94. The van der Waals surface area contributed by atoms with Crippen LogP contribution in [0.4, 0.5) is 5.69 Å². The van der Waals surface area contributed by atoms with Crippen molar-refractivity contribution in [2.45, 2.75) is 12.5 Å². The van der Waals surface area contributed by atoms with Crippen molar-refractivity contribution in [1.29, 1.82) is 0 Å². The number of ether oxygens (including phenoxy) is 1. The van der Waals surface area contributed by atoms with Gasteiger partial charge in [-0.3, -0.25) is 14.9 Å². The standard InChI is InChI=1S/C24H20N4O5/c1-32-20-13-9-18(10-14-20)23(29)25-21(15-16-5-3-2-4-6-16)24-26-22(27-33-24)17-7-11-19(12-8-17)28(30)31/h2-14,21H,15H2,1H3,(H,25,29)/t21-/m0/s1. The number of nitrogens with zero attached hydrogens (tertiary/aromatic N) is 3. The number of rotatable bonds is 8. The van der Waals surface area contributed by atoms with Crippen LogP contribution in [0.2, 0.25) is 0 Å². The van der Waals surface area contributed by atoms with Crippen LogP contribution in [0.3, 0.4) is 0 Å². The van der Waals surface area contributed by atoms with Crippen molar-refractivity contribution in [2.75, 3.05) is 7.11 Å². The Bertz CT molecular complexity index is 1240. The molecular formula is C24H20N4O5. The maximum absolute atomic E-state index is 12.9. The first-order valence-corrected chi connectivity index (χ1v) is 10.1. The third-order valence-corrected chi connectivity index (χ3v) is 5.02. The molecule has 1 amide bonds. The van der Waals surface area contributed by atoms with Gasteiger partial charge in [0.1, 0.15) is 11.8 Å². The monoisotopic (exact) mass is 444 g/mol. The van der Waals surface area contributed by atoms with E-state index in [0.29, 0.717) is 23.3 Å². The molecule has 4 rings (SSSR count). The van der Waals surface area contributed by atoms with Crippen LogP contribution < -0.4 is 10.1 Å². The number of benzene rings is 3. The summed E-state index contributed by atoms with van der Waals surface area (Å²) in [7, 11) is 1.56. The Morgan fingerprint density at radius 1 is 1.06 bits per heavy atom. The fourth-order valence-corrected chi connectivity index (χ4v) is 3.26. The van der Waals surface area contributed by atoms with Crippen LogP contribution in [0.15, 0.2) is 83.4 Å². The Kier molecular flexibility index (Phi) is 6.40. The maximum Gasteiger partial charge on any atom is 0.269 e. The van der Waals surface area contributed by atoms with Crippen LogP contribution in [0.5, 0.6) is 5.75 Å².